The van der Waals surface area contributed by atoms with E-state index in [2.05, 4.69) is 33.9 Å². The summed E-state index contributed by atoms with van der Waals surface area (Å²) in [6.07, 6.45) is 13.3. The van der Waals surface area contributed by atoms with Crippen molar-refractivity contribution in [1.29, 1.82) is 0 Å². The van der Waals surface area contributed by atoms with Crippen LogP contribution in [0.3, 0.4) is 0 Å². The van der Waals surface area contributed by atoms with E-state index in [1.54, 1.807) is 6.20 Å². The van der Waals surface area contributed by atoms with E-state index in [4.69, 9.17) is 4.74 Å². The number of pyridine rings is 1. The van der Waals surface area contributed by atoms with Crippen molar-refractivity contribution in [3.05, 3.63) is 34.6 Å². The molecule has 0 radical (unpaired) electrons. The molecule has 1 aromatic rings. The molecule has 4 nitrogen and oxygen atoms in total. The highest BCUT2D eigenvalue weighted by molar-refractivity contribution is 9.10. The lowest BCUT2D eigenvalue weighted by Crippen LogP contribution is -2.42. The number of Topliss-reactive ketones (excluding diaryl/α,β-unsaturated/α-hetero) is 1. The quantitative estimate of drug-likeness (QED) is 0.402. The lowest BCUT2D eigenvalue weighted by atomic mass is 9.60. The number of fused-ring (bicyclic) bond motifs is 1. The molecule has 0 aliphatic heterocycles. The van der Waals surface area contributed by atoms with Crippen LogP contribution in [-0.2, 0) is 14.3 Å². The molecule has 0 bridgehead atoms. The lowest BCUT2D eigenvalue weighted by Gasteiger charge is -2.43. The standard InChI is InChI=1S/C23H30BrNO3/c1-2-3-12-28-23(27)14-21-20(11-10-18-9-8-17(24)15-25-18)19-7-5-4-6-16(19)13-22(21)26/h8-11,15-16,19-21H,2-7,12-14H2,1H3/b11-10+/t16-,19+,20-,21+/m0/s1. The minimum atomic E-state index is -0.264. The first kappa shape index (κ1) is 21.2. The maximum absolute atomic E-state index is 12.9. The number of carbonyl (C=O) groups excluding carboxylic acids is 2. The third kappa shape index (κ3) is 5.53. The molecular formula is C23H30BrNO3. The van der Waals surface area contributed by atoms with Crippen molar-refractivity contribution in [2.24, 2.45) is 23.7 Å². The van der Waals surface area contributed by atoms with Gasteiger partial charge >= 0.3 is 5.97 Å². The molecule has 4 atom stereocenters. The fourth-order valence-electron chi connectivity index (χ4n) is 4.71. The van der Waals surface area contributed by atoms with Gasteiger partial charge in [-0.1, -0.05) is 32.3 Å². The number of halogens is 1. The van der Waals surface area contributed by atoms with Gasteiger partial charge in [0.1, 0.15) is 5.78 Å². The van der Waals surface area contributed by atoms with E-state index >= 15 is 0 Å². The number of carbonyl (C=O) groups is 2. The average Bonchev–Trinajstić information content (AvgIpc) is 2.69. The van der Waals surface area contributed by atoms with Crippen molar-refractivity contribution in [1.82, 2.24) is 4.98 Å². The highest BCUT2D eigenvalue weighted by Gasteiger charge is 2.44. The Morgan fingerprint density at radius 2 is 2.14 bits per heavy atom. The smallest absolute Gasteiger partial charge is 0.306 e. The zero-order valence-corrected chi connectivity index (χ0v) is 18.2. The highest BCUT2D eigenvalue weighted by Crippen LogP contribution is 2.46. The van der Waals surface area contributed by atoms with Crippen molar-refractivity contribution in [2.45, 2.75) is 58.3 Å². The van der Waals surface area contributed by atoms with Gasteiger partial charge in [-0.15, -0.1) is 0 Å². The van der Waals surface area contributed by atoms with Crippen LogP contribution < -0.4 is 0 Å². The topological polar surface area (TPSA) is 56.3 Å². The number of esters is 1. The van der Waals surface area contributed by atoms with Crippen LogP contribution in [0.5, 0.6) is 0 Å². The molecule has 3 rings (SSSR count). The zero-order valence-electron chi connectivity index (χ0n) is 16.6. The number of hydrogen-bond donors (Lipinski definition) is 0. The second kappa shape index (κ2) is 10.3. The van der Waals surface area contributed by atoms with Gasteiger partial charge in [-0.2, -0.15) is 0 Å². The predicted octanol–water partition coefficient (Wildman–Crippen LogP) is 5.60. The number of aromatic nitrogens is 1. The molecule has 0 aromatic carbocycles. The molecule has 28 heavy (non-hydrogen) atoms. The normalized spacial score (nSPS) is 27.6. The first-order valence-electron chi connectivity index (χ1n) is 10.6. The van der Waals surface area contributed by atoms with E-state index in [1.165, 1.54) is 12.8 Å². The van der Waals surface area contributed by atoms with Crippen molar-refractivity contribution < 1.29 is 14.3 Å². The summed E-state index contributed by atoms with van der Waals surface area (Å²) in [6, 6.07) is 3.92. The van der Waals surface area contributed by atoms with Gasteiger partial charge in [0.05, 0.1) is 18.7 Å². The molecule has 1 aromatic heterocycles. The van der Waals surface area contributed by atoms with Gasteiger partial charge in [0.2, 0.25) is 0 Å². The first-order valence-corrected chi connectivity index (χ1v) is 11.4. The van der Waals surface area contributed by atoms with Crippen LogP contribution >= 0.6 is 15.9 Å². The van der Waals surface area contributed by atoms with Crippen LogP contribution in [0, 0.1) is 23.7 Å². The molecule has 0 saturated heterocycles. The first-order chi connectivity index (χ1) is 13.6. The van der Waals surface area contributed by atoms with Gasteiger partial charge in [0.15, 0.2) is 0 Å². The fourth-order valence-corrected chi connectivity index (χ4v) is 4.95. The summed E-state index contributed by atoms with van der Waals surface area (Å²) in [5.41, 5.74) is 0.873. The maximum atomic E-state index is 12.9. The number of rotatable bonds is 7. The molecular weight excluding hydrogens is 418 g/mol. The summed E-state index contributed by atoms with van der Waals surface area (Å²) in [6.45, 7) is 2.52. The molecule has 0 spiro atoms. The third-order valence-electron chi connectivity index (χ3n) is 6.19. The number of unbranched alkanes of at least 4 members (excludes halogenated alkanes) is 1. The van der Waals surface area contributed by atoms with Crippen LogP contribution in [0.2, 0.25) is 0 Å². The Morgan fingerprint density at radius 3 is 2.89 bits per heavy atom. The average molecular weight is 448 g/mol. The minimum absolute atomic E-state index is 0.0933. The molecule has 1 heterocycles. The molecule has 0 amide bonds. The van der Waals surface area contributed by atoms with Gasteiger partial charge in [0.25, 0.3) is 0 Å². The van der Waals surface area contributed by atoms with E-state index in [1.807, 2.05) is 18.2 Å². The zero-order chi connectivity index (χ0) is 19.9. The molecule has 5 heteroatoms. The Kier molecular flexibility index (Phi) is 7.83. The molecule has 2 fully saturated rings. The van der Waals surface area contributed by atoms with Crippen molar-refractivity contribution in [3.63, 3.8) is 0 Å². The summed E-state index contributed by atoms with van der Waals surface area (Å²) in [7, 11) is 0. The Hall–Kier alpha value is -1.49. The Morgan fingerprint density at radius 1 is 1.32 bits per heavy atom. The van der Waals surface area contributed by atoms with E-state index < -0.39 is 0 Å². The molecule has 2 aliphatic carbocycles. The minimum Gasteiger partial charge on any atom is -0.466 e. The van der Waals surface area contributed by atoms with E-state index in [0.29, 0.717) is 24.9 Å². The van der Waals surface area contributed by atoms with Crippen molar-refractivity contribution >= 4 is 33.8 Å². The van der Waals surface area contributed by atoms with E-state index in [-0.39, 0.29) is 30.0 Å². The molecule has 2 aliphatic rings. The van der Waals surface area contributed by atoms with Gasteiger partial charge in [0, 0.05) is 23.0 Å². The van der Waals surface area contributed by atoms with Gasteiger partial charge in [-0.05, 0) is 71.2 Å². The highest BCUT2D eigenvalue weighted by atomic mass is 79.9. The van der Waals surface area contributed by atoms with Crippen LogP contribution in [-0.4, -0.2) is 23.3 Å². The Labute approximate surface area is 176 Å². The van der Waals surface area contributed by atoms with Crippen LogP contribution in [0.25, 0.3) is 6.08 Å². The Balaban J connectivity index is 1.76. The lowest BCUT2D eigenvalue weighted by molar-refractivity contribution is -0.149. The fraction of sp³-hybridized carbons (Fsp3) is 0.609. The van der Waals surface area contributed by atoms with Gasteiger partial charge in [-0.3, -0.25) is 14.6 Å². The molecule has 2 saturated carbocycles. The van der Waals surface area contributed by atoms with Crippen LogP contribution in [0.15, 0.2) is 28.9 Å². The number of nitrogens with zero attached hydrogens (tertiary/aromatic N) is 1. The van der Waals surface area contributed by atoms with Crippen molar-refractivity contribution in [2.75, 3.05) is 6.61 Å². The largest absolute Gasteiger partial charge is 0.466 e. The summed E-state index contributed by atoms with van der Waals surface area (Å²) < 4.78 is 6.30. The number of hydrogen-bond acceptors (Lipinski definition) is 4. The maximum Gasteiger partial charge on any atom is 0.306 e. The van der Waals surface area contributed by atoms with E-state index in [9.17, 15) is 9.59 Å². The van der Waals surface area contributed by atoms with Crippen molar-refractivity contribution in [3.8, 4) is 0 Å². The molecule has 0 unspecified atom stereocenters. The second-order valence-electron chi connectivity index (χ2n) is 8.10. The molecule has 152 valence electrons. The van der Waals surface area contributed by atoms with Crippen LogP contribution in [0.4, 0.5) is 0 Å². The monoisotopic (exact) mass is 447 g/mol. The summed E-state index contributed by atoms with van der Waals surface area (Å²) >= 11 is 3.41. The third-order valence-corrected chi connectivity index (χ3v) is 6.66. The second-order valence-corrected chi connectivity index (χ2v) is 9.02. The Bertz CT molecular complexity index is 700. The number of ether oxygens (including phenoxy) is 1. The number of ketones is 1. The SMILES string of the molecule is CCCCOC(=O)C[C@H]1C(=O)C[C@@H]2CCCC[C@H]2[C@@H]1/C=C/c1ccc(Br)cn1. The predicted molar refractivity (Wildman–Crippen MR) is 114 cm³/mol. The molecule has 0 N–H and O–H groups in total. The summed E-state index contributed by atoms with van der Waals surface area (Å²) in [4.78, 5) is 29.7. The van der Waals surface area contributed by atoms with Crippen LogP contribution in [0.1, 0.15) is 64.0 Å². The van der Waals surface area contributed by atoms with Gasteiger partial charge in [-0.25, -0.2) is 0 Å². The summed E-state index contributed by atoms with van der Waals surface area (Å²) in [5.74, 6) is 0.763. The van der Waals surface area contributed by atoms with E-state index in [0.717, 1.165) is 35.8 Å². The van der Waals surface area contributed by atoms with Gasteiger partial charge < -0.3 is 4.74 Å². The summed E-state index contributed by atoms with van der Waals surface area (Å²) in [5, 5.41) is 0. The number of allylic oxidation sites excluding steroid dienone is 1.